The summed E-state index contributed by atoms with van der Waals surface area (Å²) in [5, 5.41) is 8.85. The molecule has 0 spiro atoms. The maximum Gasteiger partial charge on any atom is 0.391 e. The van der Waals surface area contributed by atoms with Crippen LogP contribution in [-0.2, 0) is 0 Å². The topological polar surface area (TPSA) is 71.6 Å². The van der Waals surface area contributed by atoms with Crippen molar-refractivity contribution >= 4 is 0 Å². The SMILES string of the molecule is Cc1cc(=O)n(-c2ccc(C#N)nc2)c(C2CCCC(C(F)(F)F)C2)n1. The Morgan fingerprint density at radius 1 is 1.31 bits per heavy atom. The Kier molecular flexibility index (Phi) is 4.81. The first-order valence-electron chi connectivity index (χ1n) is 8.33. The molecule has 0 amide bonds. The highest BCUT2D eigenvalue weighted by molar-refractivity contribution is 5.35. The molecule has 0 N–H and O–H groups in total. The molecule has 1 fully saturated rings. The Morgan fingerprint density at radius 2 is 2.08 bits per heavy atom. The van der Waals surface area contributed by atoms with Crippen LogP contribution in [0.5, 0.6) is 0 Å². The van der Waals surface area contributed by atoms with Gasteiger partial charge in [0, 0.05) is 17.7 Å². The molecular formula is C18H17F3N4O. The molecule has 5 nitrogen and oxygen atoms in total. The van der Waals surface area contributed by atoms with E-state index in [0.29, 0.717) is 30.0 Å². The first kappa shape index (κ1) is 18.1. The van der Waals surface area contributed by atoms with Crippen molar-refractivity contribution < 1.29 is 13.2 Å². The van der Waals surface area contributed by atoms with E-state index in [1.807, 2.05) is 6.07 Å². The molecule has 0 aromatic carbocycles. The third-order valence-corrected chi connectivity index (χ3v) is 4.70. The summed E-state index contributed by atoms with van der Waals surface area (Å²) in [5.74, 6) is -1.51. The minimum absolute atomic E-state index is 0.0803. The summed E-state index contributed by atoms with van der Waals surface area (Å²) < 4.78 is 40.8. The minimum atomic E-state index is -4.25. The largest absolute Gasteiger partial charge is 0.391 e. The summed E-state index contributed by atoms with van der Waals surface area (Å²) >= 11 is 0. The van der Waals surface area contributed by atoms with Gasteiger partial charge in [0.15, 0.2) is 0 Å². The molecule has 0 aliphatic heterocycles. The van der Waals surface area contributed by atoms with Crippen LogP contribution in [-0.4, -0.2) is 20.7 Å². The number of pyridine rings is 1. The second-order valence-electron chi connectivity index (χ2n) is 6.54. The lowest BCUT2D eigenvalue weighted by Crippen LogP contribution is -2.32. The lowest BCUT2D eigenvalue weighted by Gasteiger charge is -2.31. The fraction of sp³-hybridized carbons (Fsp3) is 0.444. The third-order valence-electron chi connectivity index (χ3n) is 4.70. The van der Waals surface area contributed by atoms with E-state index in [1.165, 1.54) is 22.9 Å². The molecule has 26 heavy (non-hydrogen) atoms. The van der Waals surface area contributed by atoms with Crippen molar-refractivity contribution in [3.63, 3.8) is 0 Å². The number of hydrogen-bond donors (Lipinski definition) is 0. The van der Waals surface area contributed by atoms with Crippen molar-refractivity contribution in [2.75, 3.05) is 0 Å². The molecule has 1 saturated carbocycles. The van der Waals surface area contributed by atoms with E-state index < -0.39 is 18.0 Å². The Morgan fingerprint density at radius 3 is 2.69 bits per heavy atom. The number of alkyl halides is 3. The normalized spacial score (nSPS) is 20.6. The molecule has 2 aromatic rings. The molecule has 2 atom stereocenters. The summed E-state index contributed by atoms with van der Waals surface area (Å²) in [5.41, 5.74) is 0.689. The van der Waals surface area contributed by atoms with Gasteiger partial charge >= 0.3 is 6.18 Å². The second kappa shape index (κ2) is 6.90. The van der Waals surface area contributed by atoms with Crippen LogP contribution in [0.25, 0.3) is 5.69 Å². The van der Waals surface area contributed by atoms with Gasteiger partial charge in [0.2, 0.25) is 0 Å². The van der Waals surface area contributed by atoms with Crippen molar-refractivity contribution in [2.45, 2.75) is 44.7 Å². The van der Waals surface area contributed by atoms with Crippen molar-refractivity contribution in [2.24, 2.45) is 5.92 Å². The van der Waals surface area contributed by atoms with Gasteiger partial charge in [-0.05, 0) is 38.3 Å². The molecule has 0 radical (unpaired) electrons. The quantitative estimate of drug-likeness (QED) is 0.818. The van der Waals surface area contributed by atoms with E-state index in [-0.39, 0.29) is 24.1 Å². The average molecular weight is 362 g/mol. The van der Waals surface area contributed by atoms with Crippen LogP contribution in [0.1, 0.15) is 48.8 Å². The number of halogens is 3. The monoisotopic (exact) mass is 362 g/mol. The number of rotatable bonds is 2. The van der Waals surface area contributed by atoms with E-state index in [0.717, 1.165) is 0 Å². The van der Waals surface area contributed by atoms with Gasteiger partial charge in [-0.25, -0.2) is 9.97 Å². The Balaban J connectivity index is 2.06. The summed E-state index contributed by atoms with van der Waals surface area (Å²) in [6, 6.07) is 6.25. The van der Waals surface area contributed by atoms with Gasteiger partial charge in [-0.3, -0.25) is 9.36 Å². The molecule has 3 rings (SSSR count). The molecule has 2 heterocycles. The minimum Gasteiger partial charge on any atom is -0.269 e. The first-order valence-corrected chi connectivity index (χ1v) is 8.33. The van der Waals surface area contributed by atoms with Gasteiger partial charge in [0.25, 0.3) is 5.56 Å². The number of nitrogens with zero attached hydrogens (tertiary/aromatic N) is 4. The zero-order chi connectivity index (χ0) is 18.9. The van der Waals surface area contributed by atoms with E-state index in [9.17, 15) is 18.0 Å². The van der Waals surface area contributed by atoms with Gasteiger partial charge in [-0.2, -0.15) is 18.4 Å². The molecule has 0 saturated heterocycles. The van der Waals surface area contributed by atoms with Crippen LogP contribution in [0.4, 0.5) is 13.2 Å². The molecule has 2 aromatic heterocycles. The van der Waals surface area contributed by atoms with Crippen LogP contribution in [0, 0.1) is 24.2 Å². The Bertz CT molecular complexity index is 897. The summed E-state index contributed by atoms with van der Waals surface area (Å²) in [6.45, 7) is 1.65. The van der Waals surface area contributed by atoms with E-state index in [4.69, 9.17) is 5.26 Å². The standard InChI is InChI=1S/C18H17F3N4O/c1-11-7-16(26)25(15-6-5-14(9-22)23-10-15)17(24-11)12-3-2-4-13(8-12)18(19,20)21/h5-7,10,12-13H,2-4,8H2,1H3. The van der Waals surface area contributed by atoms with Gasteiger partial charge < -0.3 is 0 Å². The van der Waals surface area contributed by atoms with Gasteiger partial charge in [0.05, 0.1) is 17.8 Å². The van der Waals surface area contributed by atoms with Gasteiger partial charge in [0.1, 0.15) is 17.6 Å². The van der Waals surface area contributed by atoms with Gasteiger partial charge in [-0.15, -0.1) is 0 Å². The molecule has 2 unspecified atom stereocenters. The van der Waals surface area contributed by atoms with Crippen LogP contribution in [0.3, 0.4) is 0 Å². The fourth-order valence-electron chi connectivity index (χ4n) is 3.46. The summed E-state index contributed by atoms with van der Waals surface area (Å²) in [7, 11) is 0. The maximum atomic E-state index is 13.2. The van der Waals surface area contributed by atoms with Gasteiger partial charge in [-0.1, -0.05) is 6.42 Å². The lowest BCUT2D eigenvalue weighted by atomic mass is 9.80. The molecule has 1 aliphatic rings. The maximum absolute atomic E-state index is 13.2. The van der Waals surface area contributed by atoms with E-state index in [2.05, 4.69) is 9.97 Å². The molecular weight excluding hydrogens is 345 g/mol. The number of hydrogen-bond acceptors (Lipinski definition) is 4. The van der Waals surface area contributed by atoms with Crippen LogP contribution in [0.2, 0.25) is 0 Å². The van der Waals surface area contributed by atoms with Crippen molar-refractivity contribution in [1.29, 1.82) is 5.26 Å². The van der Waals surface area contributed by atoms with E-state index in [1.54, 1.807) is 13.0 Å². The number of aryl methyl sites for hydroxylation is 1. The molecule has 136 valence electrons. The average Bonchev–Trinajstić information content (AvgIpc) is 2.61. The predicted octanol–water partition coefficient (Wildman–Crippen LogP) is 3.64. The summed E-state index contributed by atoms with van der Waals surface area (Å²) in [4.78, 5) is 20.9. The van der Waals surface area contributed by atoms with Crippen LogP contribution < -0.4 is 5.56 Å². The lowest BCUT2D eigenvalue weighted by molar-refractivity contribution is -0.183. The number of aromatic nitrogens is 3. The second-order valence-corrected chi connectivity index (χ2v) is 6.54. The highest BCUT2D eigenvalue weighted by Crippen LogP contribution is 2.43. The molecule has 8 heteroatoms. The van der Waals surface area contributed by atoms with Crippen molar-refractivity contribution in [3.8, 4) is 11.8 Å². The van der Waals surface area contributed by atoms with Crippen LogP contribution in [0.15, 0.2) is 29.2 Å². The first-order chi connectivity index (χ1) is 12.3. The van der Waals surface area contributed by atoms with Crippen LogP contribution >= 0.6 is 0 Å². The smallest absolute Gasteiger partial charge is 0.269 e. The Hall–Kier alpha value is -2.69. The van der Waals surface area contributed by atoms with Crippen molar-refractivity contribution in [3.05, 3.63) is 52.0 Å². The highest BCUT2D eigenvalue weighted by atomic mass is 19.4. The third kappa shape index (κ3) is 3.62. The van der Waals surface area contributed by atoms with E-state index >= 15 is 0 Å². The summed E-state index contributed by atoms with van der Waals surface area (Å²) in [6.07, 6.45) is -1.87. The van der Waals surface area contributed by atoms with Crippen molar-refractivity contribution in [1.82, 2.24) is 14.5 Å². The number of nitriles is 1. The highest BCUT2D eigenvalue weighted by Gasteiger charge is 2.43. The fourth-order valence-corrected chi connectivity index (χ4v) is 3.46. The molecule has 0 bridgehead atoms. The zero-order valence-corrected chi connectivity index (χ0v) is 14.1. The predicted molar refractivity (Wildman–Crippen MR) is 87.8 cm³/mol. The Labute approximate surface area is 148 Å². The molecule has 1 aliphatic carbocycles. The zero-order valence-electron chi connectivity index (χ0n) is 14.1.